The lowest BCUT2D eigenvalue weighted by molar-refractivity contribution is -0.219. The molecule has 1 fully saturated rings. The van der Waals surface area contributed by atoms with Crippen molar-refractivity contribution in [3.05, 3.63) is 11.6 Å². The number of hydrogen-bond donors (Lipinski definition) is 2. The van der Waals surface area contributed by atoms with Gasteiger partial charge in [0.1, 0.15) is 24.4 Å². The van der Waals surface area contributed by atoms with Crippen LogP contribution >= 0.6 is 0 Å². The van der Waals surface area contributed by atoms with Crippen LogP contribution in [0.25, 0.3) is 0 Å². The van der Waals surface area contributed by atoms with Gasteiger partial charge in [-0.2, -0.15) is 0 Å². The van der Waals surface area contributed by atoms with E-state index >= 15 is 0 Å². The van der Waals surface area contributed by atoms with E-state index in [4.69, 9.17) is 14.2 Å². The highest BCUT2D eigenvalue weighted by molar-refractivity contribution is 5.82. The molecule has 9 heteroatoms. The second-order valence-electron chi connectivity index (χ2n) is 7.81. The van der Waals surface area contributed by atoms with E-state index < -0.39 is 29.2 Å². The predicted molar refractivity (Wildman–Crippen MR) is 97.0 cm³/mol. The van der Waals surface area contributed by atoms with Gasteiger partial charge < -0.3 is 24.4 Å². The molecule has 0 aromatic rings. The third-order valence-corrected chi connectivity index (χ3v) is 5.28. The smallest absolute Gasteiger partial charge is 0.345 e. The average Bonchev–Trinajstić information content (AvgIpc) is 3.12. The van der Waals surface area contributed by atoms with Gasteiger partial charge in [-0.15, -0.1) is 0 Å². The summed E-state index contributed by atoms with van der Waals surface area (Å²) in [5, 5.41) is 21.2. The number of rotatable bonds is 7. The molecule has 1 saturated heterocycles. The van der Waals surface area contributed by atoms with Crippen LogP contribution in [0.3, 0.4) is 0 Å². The van der Waals surface area contributed by atoms with Crippen molar-refractivity contribution in [2.45, 2.75) is 70.5 Å². The first-order chi connectivity index (χ1) is 12.9. The summed E-state index contributed by atoms with van der Waals surface area (Å²) in [6.07, 6.45) is 0.934. The Kier molecular flexibility index (Phi) is 6.52. The molecule has 2 aliphatic heterocycles. The first-order valence-electron chi connectivity index (χ1n) is 9.27. The van der Waals surface area contributed by atoms with Crippen molar-refractivity contribution in [3.63, 3.8) is 0 Å². The second kappa shape index (κ2) is 8.18. The highest BCUT2D eigenvalue weighted by Crippen LogP contribution is 2.33. The van der Waals surface area contributed by atoms with Gasteiger partial charge in [0.05, 0.1) is 6.04 Å². The molecule has 0 aliphatic carbocycles. The molecule has 0 radical (unpaired) electrons. The van der Waals surface area contributed by atoms with Crippen LogP contribution in [0.1, 0.15) is 41.0 Å². The Hall–Kier alpha value is -1.97. The fourth-order valence-electron chi connectivity index (χ4n) is 3.85. The predicted octanol–water partition coefficient (Wildman–Crippen LogP) is -0.0708. The van der Waals surface area contributed by atoms with E-state index in [0.29, 0.717) is 13.0 Å². The summed E-state index contributed by atoms with van der Waals surface area (Å²) >= 11 is 0. The summed E-state index contributed by atoms with van der Waals surface area (Å²) in [7, 11) is 0. The van der Waals surface area contributed by atoms with Crippen molar-refractivity contribution in [1.29, 1.82) is 0 Å². The number of carbonyl (C=O) groups excluding carboxylic acids is 3. The van der Waals surface area contributed by atoms with Gasteiger partial charge in [-0.1, -0.05) is 6.08 Å². The average molecular weight is 399 g/mol. The molecule has 9 nitrogen and oxygen atoms in total. The maximum atomic E-state index is 12.7. The summed E-state index contributed by atoms with van der Waals surface area (Å²) < 4.78 is 15.6. The van der Waals surface area contributed by atoms with Gasteiger partial charge in [0.25, 0.3) is 0 Å². The fourth-order valence-corrected chi connectivity index (χ4v) is 3.85. The molecular weight excluding hydrogens is 370 g/mol. The van der Waals surface area contributed by atoms with E-state index in [-0.39, 0.29) is 24.7 Å². The second-order valence-corrected chi connectivity index (χ2v) is 7.81. The minimum absolute atomic E-state index is 0.136. The monoisotopic (exact) mass is 399 g/mol. The summed E-state index contributed by atoms with van der Waals surface area (Å²) in [4.78, 5) is 37.4. The maximum absolute atomic E-state index is 12.7. The molecule has 28 heavy (non-hydrogen) atoms. The number of aliphatic hydroxyl groups is 2. The van der Waals surface area contributed by atoms with Crippen LogP contribution in [-0.4, -0.2) is 82.2 Å². The molecule has 0 aromatic heterocycles. The van der Waals surface area contributed by atoms with Gasteiger partial charge in [-0.05, 0) is 32.8 Å². The van der Waals surface area contributed by atoms with E-state index in [2.05, 4.69) is 4.90 Å². The van der Waals surface area contributed by atoms with Gasteiger partial charge in [-0.25, -0.2) is 4.79 Å². The Morgan fingerprint density at radius 1 is 1.25 bits per heavy atom. The van der Waals surface area contributed by atoms with Crippen molar-refractivity contribution >= 4 is 17.9 Å². The van der Waals surface area contributed by atoms with Crippen molar-refractivity contribution in [2.24, 2.45) is 0 Å². The Labute approximate surface area is 164 Å². The largest absolute Gasteiger partial charge is 0.460 e. The maximum Gasteiger partial charge on any atom is 0.345 e. The molecule has 2 N–H and O–H groups in total. The molecule has 0 saturated carbocycles. The first-order valence-corrected chi connectivity index (χ1v) is 9.27. The number of esters is 3. The SMILES string of the molecule is CC(=O)O[C@@H](C)[C@](O)(C(=O)OCC1=CCN2CC[C@@H](OC(C)=O)C12)C(C)(C)O. The number of ether oxygens (including phenoxy) is 3. The lowest BCUT2D eigenvalue weighted by atomic mass is 9.81. The molecule has 4 atom stereocenters. The van der Waals surface area contributed by atoms with E-state index in [0.717, 1.165) is 19.0 Å². The van der Waals surface area contributed by atoms with Gasteiger partial charge in [0.2, 0.25) is 5.60 Å². The quantitative estimate of drug-likeness (QED) is 0.344. The molecular formula is C19H29NO8. The molecule has 0 bridgehead atoms. The van der Waals surface area contributed by atoms with Gasteiger partial charge in [-0.3, -0.25) is 14.5 Å². The Bertz CT molecular complexity index is 667. The zero-order chi connectivity index (χ0) is 21.3. The van der Waals surface area contributed by atoms with Crippen molar-refractivity contribution in [2.75, 3.05) is 19.7 Å². The summed E-state index contributed by atoms with van der Waals surface area (Å²) in [5.41, 5.74) is -3.62. The number of fused-ring (bicyclic) bond motifs is 1. The summed E-state index contributed by atoms with van der Waals surface area (Å²) in [5.74, 6) is -2.18. The lowest BCUT2D eigenvalue weighted by Crippen LogP contribution is -2.64. The van der Waals surface area contributed by atoms with Gasteiger partial charge in [0.15, 0.2) is 0 Å². The molecule has 1 unspecified atom stereocenters. The molecule has 0 amide bonds. The van der Waals surface area contributed by atoms with Crippen molar-refractivity contribution in [3.8, 4) is 0 Å². The molecule has 0 spiro atoms. The van der Waals surface area contributed by atoms with E-state index in [1.165, 1.54) is 27.7 Å². The Morgan fingerprint density at radius 2 is 1.89 bits per heavy atom. The highest BCUT2D eigenvalue weighted by Gasteiger charge is 2.56. The normalized spacial score (nSPS) is 25.3. The molecule has 158 valence electrons. The first kappa shape index (κ1) is 22.3. The topological polar surface area (TPSA) is 123 Å². The lowest BCUT2D eigenvalue weighted by Gasteiger charge is -2.39. The number of carbonyl (C=O) groups is 3. The van der Waals surface area contributed by atoms with Crippen LogP contribution in [0, 0.1) is 0 Å². The summed E-state index contributed by atoms with van der Waals surface area (Å²) in [6.45, 7) is 7.54. The van der Waals surface area contributed by atoms with Crippen molar-refractivity contribution < 1.29 is 38.8 Å². The Balaban J connectivity index is 2.10. The fraction of sp³-hybridized carbons (Fsp3) is 0.737. The minimum Gasteiger partial charge on any atom is -0.460 e. The van der Waals surface area contributed by atoms with Crippen LogP contribution in [0.4, 0.5) is 0 Å². The van der Waals surface area contributed by atoms with E-state index in [1.807, 2.05) is 6.08 Å². The van der Waals surface area contributed by atoms with Gasteiger partial charge in [0, 0.05) is 26.9 Å². The third-order valence-electron chi connectivity index (χ3n) is 5.28. The Morgan fingerprint density at radius 3 is 2.43 bits per heavy atom. The van der Waals surface area contributed by atoms with Crippen molar-refractivity contribution in [1.82, 2.24) is 4.90 Å². The van der Waals surface area contributed by atoms with Crippen LogP contribution in [0.5, 0.6) is 0 Å². The van der Waals surface area contributed by atoms with Gasteiger partial charge >= 0.3 is 17.9 Å². The molecule has 2 aliphatic rings. The van der Waals surface area contributed by atoms with E-state index in [1.54, 1.807) is 0 Å². The zero-order valence-electron chi connectivity index (χ0n) is 16.9. The summed E-state index contributed by atoms with van der Waals surface area (Å²) in [6, 6.07) is -0.183. The van der Waals surface area contributed by atoms with Crippen LogP contribution < -0.4 is 0 Å². The minimum atomic E-state index is -2.46. The van der Waals surface area contributed by atoms with Crippen LogP contribution in [-0.2, 0) is 28.6 Å². The van der Waals surface area contributed by atoms with Crippen LogP contribution in [0.15, 0.2) is 11.6 Å². The van der Waals surface area contributed by atoms with E-state index in [9.17, 15) is 24.6 Å². The standard InChI is InChI=1S/C19H29NO8/c1-11(27-12(2)21)19(25,18(4,5)24)17(23)26-10-14-6-8-20-9-7-15(16(14)20)28-13(3)22/h6,11,15-16,24-25H,7-10H2,1-5H3/t11-,15+,16?,19-/m0/s1. The molecule has 2 rings (SSSR count). The third kappa shape index (κ3) is 4.37. The number of hydrogen-bond acceptors (Lipinski definition) is 9. The number of nitrogens with zero attached hydrogens (tertiary/aromatic N) is 1. The molecule has 2 heterocycles. The zero-order valence-corrected chi connectivity index (χ0v) is 16.9. The molecule has 0 aromatic carbocycles. The highest BCUT2D eigenvalue weighted by atomic mass is 16.6. The van der Waals surface area contributed by atoms with Crippen LogP contribution in [0.2, 0.25) is 0 Å².